The molecule has 0 unspecified atom stereocenters. The van der Waals surface area contributed by atoms with E-state index in [1.54, 1.807) is 43.5 Å². The van der Waals surface area contributed by atoms with Crippen molar-refractivity contribution in [3.8, 4) is 5.75 Å². The summed E-state index contributed by atoms with van der Waals surface area (Å²) in [5.41, 5.74) is 2.45. The van der Waals surface area contributed by atoms with Crippen LogP contribution in [0, 0.1) is 0 Å². The van der Waals surface area contributed by atoms with Crippen LogP contribution in [0.4, 0.5) is 11.4 Å². The topological polar surface area (TPSA) is 61.9 Å². The molecule has 3 rings (SSSR count). The SMILES string of the molecule is Bc1ccc(S(=O)(=O)Nc2ccc(OC)c(N3CCN(C)CC3)c2)cc1. The number of anilines is 2. The summed E-state index contributed by atoms with van der Waals surface area (Å²) in [6.45, 7) is 3.67. The van der Waals surface area contributed by atoms with Crippen molar-refractivity contribution >= 4 is 34.7 Å². The van der Waals surface area contributed by atoms with Crippen LogP contribution < -0.4 is 19.8 Å². The Morgan fingerprint density at radius 3 is 2.31 bits per heavy atom. The number of nitrogens with one attached hydrogen (secondary N) is 1. The van der Waals surface area contributed by atoms with Gasteiger partial charge >= 0.3 is 0 Å². The van der Waals surface area contributed by atoms with Gasteiger partial charge in [-0.05, 0) is 37.4 Å². The molecule has 0 atom stereocenters. The van der Waals surface area contributed by atoms with Crippen molar-refractivity contribution in [2.45, 2.75) is 4.90 Å². The number of methoxy groups -OCH3 is 1. The minimum atomic E-state index is -3.62. The van der Waals surface area contributed by atoms with Gasteiger partial charge in [-0.25, -0.2) is 8.42 Å². The molecule has 1 fully saturated rings. The van der Waals surface area contributed by atoms with E-state index in [-0.39, 0.29) is 4.90 Å². The lowest BCUT2D eigenvalue weighted by atomic mass is 9.97. The zero-order chi connectivity index (χ0) is 18.7. The molecule has 0 radical (unpaired) electrons. The summed E-state index contributed by atoms with van der Waals surface area (Å²) in [7, 11) is 2.03. The molecule has 0 aliphatic carbocycles. The minimum absolute atomic E-state index is 0.250. The van der Waals surface area contributed by atoms with Crippen molar-refractivity contribution in [3.63, 3.8) is 0 Å². The van der Waals surface area contributed by atoms with Crippen LogP contribution in [0.15, 0.2) is 47.4 Å². The molecule has 0 bridgehead atoms. The van der Waals surface area contributed by atoms with E-state index < -0.39 is 10.0 Å². The lowest BCUT2D eigenvalue weighted by molar-refractivity contribution is 0.311. The Labute approximate surface area is 156 Å². The molecule has 26 heavy (non-hydrogen) atoms. The van der Waals surface area contributed by atoms with E-state index in [1.807, 2.05) is 13.9 Å². The van der Waals surface area contributed by atoms with Gasteiger partial charge in [0, 0.05) is 26.2 Å². The highest BCUT2D eigenvalue weighted by molar-refractivity contribution is 7.92. The molecule has 2 aromatic carbocycles. The van der Waals surface area contributed by atoms with E-state index in [2.05, 4.69) is 21.6 Å². The van der Waals surface area contributed by atoms with Crippen molar-refractivity contribution in [1.82, 2.24) is 4.90 Å². The summed E-state index contributed by atoms with van der Waals surface area (Å²) < 4.78 is 33.4. The van der Waals surface area contributed by atoms with Gasteiger partial charge in [-0.3, -0.25) is 4.72 Å². The highest BCUT2D eigenvalue weighted by Gasteiger charge is 2.20. The van der Waals surface area contributed by atoms with E-state index >= 15 is 0 Å². The van der Waals surface area contributed by atoms with Crippen LogP contribution in [0.25, 0.3) is 0 Å². The third kappa shape index (κ3) is 4.13. The fourth-order valence-electron chi connectivity index (χ4n) is 2.98. The Morgan fingerprint density at radius 2 is 1.69 bits per heavy atom. The maximum atomic E-state index is 12.6. The number of hydrogen-bond acceptors (Lipinski definition) is 5. The van der Waals surface area contributed by atoms with Crippen LogP contribution in [0.2, 0.25) is 0 Å². The first-order chi connectivity index (χ1) is 12.4. The quantitative estimate of drug-likeness (QED) is 0.774. The van der Waals surface area contributed by atoms with Gasteiger partial charge in [-0.2, -0.15) is 0 Å². The van der Waals surface area contributed by atoms with Gasteiger partial charge in [0.2, 0.25) is 0 Å². The van der Waals surface area contributed by atoms with Crippen molar-refractivity contribution in [1.29, 1.82) is 0 Å². The third-order valence-electron chi connectivity index (χ3n) is 4.61. The van der Waals surface area contributed by atoms with Crippen molar-refractivity contribution in [2.75, 3.05) is 50.0 Å². The fourth-order valence-corrected chi connectivity index (χ4v) is 4.03. The van der Waals surface area contributed by atoms with Crippen LogP contribution >= 0.6 is 0 Å². The summed E-state index contributed by atoms with van der Waals surface area (Å²) in [6.07, 6.45) is 0. The minimum Gasteiger partial charge on any atom is -0.495 e. The second kappa shape index (κ2) is 7.59. The molecular weight excluding hydrogens is 349 g/mol. The molecule has 1 aliphatic rings. The number of likely N-dealkylation sites (N-methyl/N-ethyl adjacent to an activating group) is 1. The predicted molar refractivity (Wildman–Crippen MR) is 108 cm³/mol. The molecule has 138 valence electrons. The standard InChI is InChI=1S/C18H24BN3O3S/c1-21-9-11-22(12-10-21)17-13-15(5-8-18(17)25-2)20-26(23,24)16-6-3-14(19)4-7-16/h3-8,13,20H,9-12,19H2,1-2H3. The fraction of sp³-hybridized carbons (Fsp3) is 0.333. The van der Waals surface area contributed by atoms with Crippen molar-refractivity contribution in [3.05, 3.63) is 42.5 Å². The molecule has 2 aromatic rings. The Hall–Kier alpha value is -2.19. The zero-order valence-corrected chi connectivity index (χ0v) is 16.2. The van der Waals surface area contributed by atoms with Gasteiger partial charge in [0.15, 0.2) is 0 Å². The number of sulfonamides is 1. The molecule has 1 saturated heterocycles. The van der Waals surface area contributed by atoms with E-state index in [4.69, 9.17) is 4.74 Å². The second-order valence-corrected chi connectivity index (χ2v) is 8.28. The summed E-state index contributed by atoms with van der Waals surface area (Å²) in [4.78, 5) is 4.75. The van der Waals surface area contributed by atoms with E-state index in [9.17, 15) is 8.42 Å². The molecule has 0 spiro atoms. The molecule has 1 heterocycles. The summed E-state index contributed by atoms with van der Waals surface area (Å²) >= 11 is 0. The summed E-state index contributed by atoms with van der Waals surface area (Å²) in [6, 6.07) is 12.2. The molecular formula is C18H24BN3O3S. The number of rotatable bonds is 5. The van der Waals surface area contributed by atoms with E-state index in [0.717, 1.165) is 43.1 Å². The molecule has 1 aliphatic heterocycles. The monoisotopic (exact) mass is 373 g/mol. The number of ether oxygens (including phenoxy) is 1. The lowest BCUT2D eigenvalue weighted by Gasteiger charge is -2.35. The molecule has 8 heteroatoms. The first kappa shape index (κ1) is 18.6. The number of nitrogens with zero attached hydrogens (tertiary/aromatic N) is 2. The molecule has 0 aromatic heterocycles. The van der Waals surface area contributed by atoms with Crippen LogP contribution in [0.5, 0.6) is 5.75 Å². The average molecular weight is 373 g/mol. The third-order valence-corrected chi connectivity index (χ3v) is 6.00. The molecule has 0 saturated carbocycles. The van der Waals surface area contributed by atoms with E-state index in [1.165, 1.54) is 0 Å². The highest BCUT2D eigenvalue weighted by Crippen LogP contribution is 2.32. The number of piperazine rings is 1. The molecule has 1 N–H and O–H groups in total. The largest absolute Gasteiger partial charge is 0.495 e. The molecule has 0 amide bonds. The normalized spacial score (nSPS) is 15.7. The first-order valence-corrected chi connectivity index (χ1v) is 10.1. The average Bonchev–Trinajstić information content (AvgIpc) is 2.62. The Balaban J connectivity index is 1.86. The van der Waals surface area contributed by atoms with Gasteiger partial charge in [0.1, 0.15) is 13.6 Å². The van der Waals surface area contributed by atoms with Gasteiger partial charge in [0.25, 0.3) is 10.0 Å². The Bertz CT molecular complexity index is 864. The van der Waals surface area contributed by atoms with Crippen LogP contribution in [-0.4, -0.2) is 61.5 Å². The van der Waals surface area contributed by atoms with Crippen LogP contribution in [-0.2, 0) is 10.0 Å². The van der Waals surface area contributed by atoms with E-state index in [0.29, 0.717) is 5.69 Å². The van der Waals surface area contributed by atoms with Crippen molar-refractivity contribution in [2.24, 2.45) is 0 Å². The highest BCUT2D eigenvalue weighted by atomic mass is 32.2. The smallest absolute Gasteiger partial charge is 0.261 e. The number of hydrogen-bond donors (Lipinski definition) is 1. The zero-order valence-electron chi connectivity index (χ0n) is 15.4. The lowest BCUT2D eigenvalue weighted by Crippen LogP contribution is -2.44. The Morgan fingerprint density at radius 1 is 1.04 bits per heavy atom. The first-order valence-electron chi connectivity index (χ1n) is 8.60. The van der Waals surface area contributed by atoms with Crippen LogP contribution in [0.1, 0.15) is 0 Å². The van der Waals surface area contributed by atoms with Crippen LogP contribution in [0.3, 0.4) is 0 Å². The van der Waals surface area contributed by atoms with Gasteiger partial charge in [-0.1, -0.05) is 17.6 Å². The summed E-state index contributed by atoms with van der Waals surface area (Å²) in [5, 5.41) is 0. The Kier molecular flexibility index (Phi) is 5.43. The van der Waals surface area contributed by atoms with Crippen molar-refractivity contribution < 1.29 is 13.2 Å². The predicted octanol–water partition coefficient (Wildman–Crippen LogP) is 0.506. The van der Waals surface area contributed by atoms with Gasteiger partial charge < -0.3 is 14.5 Å². The summed E-state index contributed by atoms with van der Waals surface area (Å²) in [5.74, 6) is 0.743. The maximum absolute atomic E-state index is 12.6. The second-order valence-electron chi connectivity index (χ2n) is 6.60. The number of benzene rings is 2. The van der Waals surface area contributed by atoms with Gasteiger partial charge in [0.05, 0.1) is 23.4 Å². The molecule has 6 nitrogen and oxygen atoms in total. The maximum Gasteiger partial charge on any atom is 0.261 e. The van der Waals surface area contributed by atoms with Gasteiger partial charge in [-0.15, -0.1) is 0 Å².